The molecule has 0 N–H and O–H groups in total. The van der Waals surface area contributed by atoms with E-state index in [0.29, 0.717) is 13.0 Å². The van der Waals surface area contributed by atoms with Gasteiger partial charge < -0.3 is 14.1 Å². The van der Waals surface area contributed by atoms with Crippen molar-refractivity contribution in [2.45, 2.75) is 31.9 Å². The molecule has 2 heterocycles. The number of methoxy groups -OCH3 is 1. The Morgan fingerprint density at radius 2 is 2.26 bits per heavy atom. The van der Waals surface area contributed by atoms with E-state index >= 15 is 0 Å². The average molecular weight is 378 g/mol. The lowest BCUT2D eigenvalue weighted by atomic mass is 10.1. The number of nitrogens with zero attached hydrogens (tertiary/aromatic N) is 1. The summed E-state index contributed by atoms with van der Waals surface area (Å²) in [6, 6.07) is 11.8. The summed E-state index contributed by atoms with van der Waals surface area (Å²) in [4.78, 5) is 14.6. The first kappa shape index (κ1) is 16.3. The van der Waals surface area contributed by atoms with E-state index < -0.39 is 0 Å². The summed E-state index contributed by atoms with van der Waals surface area (Å²) >= 11 is 3.45. The molecule has 1 atom stereocenters. The van der Waals surface area contributed by atoms with Gasteiger partial charge >= 0.3 is 0 Å². The van der Waals surface area contributed by atoms with Crippen molar-refractivity contribution in [3.05, 3.63) is 58.0 Å². The van der Waals surface area contributed by atoms with Gasteiger partial charge in [0.1, 0.15) is 18.1 Å². The highest BCUT2D eigenvalue weighted by Crippen LogP contribution is 2.33. The molecule has 0 spiro atoms. The molecule has 23 heavy (non-hydrogen) atoms. The van der Waals surface area contributed by atoms with E-state index in [0.717, 1.165) is 40.9 Å². The summed E-state index contributed by atoms with van der Waals surface area (Å²) in [5, 5.41) is 0. The van der Waals surface area contributed by atoms with Crippen molar-refractivity contribution in [1.29, 1.82) is 0 Å². The lowest BCUT2D eigenvalue weighted by Crippen LogP contribution is -2.31. The van der Waals surface area contributed by atoms with Crippen molar-refractivity contribution < 1.29 is 13.9 Å². The molecule has 5 heteroatoms. The Hall–Kier alpha value is -1.59. The summed E-state index contributed by atoms with van der Waals surface area (Å²) in [7, 11) is 1.64. The van der Waals surface area contributed by atoms with Crippen molar-refractivity contribution in [3.8, 4) is 0 Å². The van der Waals surface area contributed by atoms with Gasteiger partial charge in [-0.05, 0) is 42.7 Å². The Bertz CT molecular complexity index is 682. The van der Waals surface area contributed by atoms with E-state index in [1.54, 1.807) is 7.11 Å². The Morgan fingerprint density at radius 1 is 1.39 bits per heavy atom. The maximum Gasteiger partial charge on any atom is 0.227 e. The van der Waals surface area contributed by atoms with Crippen molar-refractivity contribution in [1.82, 2.24) is 4.90 Å². The van der Waals surface area contributed by atoms with Crippen LogP contribution in [0.4, 0.5) is 0 Å². The van der Waals surface area contributed by atoms with Gasteiger partial charge in [-0.2, -0.15) is 0 Å². The molecule has 4 nitrogen and oxygen atoms in total. The molecule has 1 aliphatic heterocycles. The second-order valence-corrected chi connectivity index (χ2v) is 6.70. The van der Waals surface area contributed by atoms with Gasteiger partial charge in [-0.3, -0.25) is 4.79 Å². The van der Waals surface area contributed by atoms with Crippen LogP contribution >= 0.6 is 15.9 Å². The molecule has 0 aliphatic carbocycles. The molecule has 1 aliphatic rings. The molecule has 1 aromatic heterocycles. The minimum absolute atomic E-state index is 0.0419. The number of carbonyl (C=O) groups excluding carboxylic acids is 1. The predicted molar refractivity (Wildman–Crippen MR) is 91.0 cm³/mol. The maximum atomic E-state index is 12.7. The van der Waals surface area contributed by atoms with E-state index in [4.69, 9.17) is 9.15 Å². The number of halogens is 1. The van der Waals surface area contributed by atoms with Gasteiger partial charge in [-0.1, -0.05) is 28.1 Å². The van der Waals surface area contributed by atoms with E-state index in [2.05, 4.69) is 15.9 Å². The molecule has 0 bridgehead atoms. The van der Waals surface area contributed by atoms with Gasteiger partial charge in [-0.15, -0.1) is 0 Å². The normalized spacial score (nSPS) is 17.7. The number of hydrogen-bond donors (Lipinski definition) is 0. The highest BCUT2D eigenvalue weighted by atomic mass is 79.9. The topological polar surface area (TPSA) is 42.7 Å². The summed E-state index contributed by atoms with van der Waals surface area (Å²) < 4.78 is 11.9. The summed E-state index contributed by atoms with van der Waals surface area (Å²) in [6.45, 7) is 1.25. The number of amides is 1. The van der Waals surface area contributed by atoms with Crippen LogP contribution in [-0.4, -0.2) is 24.5 Å². The summed E-state index contributed by atoms with van der Waals surface area (Å²) in [5.74, 6) is 1.81. The van der Waals surface area contributed by atoms with Crippen LogP contribution in [-0.2, 0) is 22.6 Å². The minimum atomic E-state index is 0.0419. The van der Waals surface area contributed by atoms with Crippen LogP contribution < -0.4 is 0 Å². The molecule has 122 valence electrons. The van der Waals surface area contributed by atoms with Gasteiger partial charge in [-0.25, -0.2) is 0 Å². The van der Waals surface area contributed by atoms with Gasteiger partial charge in [0.2, 0.25) is 5.91 Å². The maximum absolute atomic E-state index is 12.7. The van der Waals surface area contributed by atoms with E-state index in [1.807, 2.05) is 41.3 Å². The van der Waals surface area contributed by atoms with Crippen LogP contribution in [0.3, 0.4) is 0 Å². The molecule has 0 radical (unpaired) electrons. The number of benzene rings is 1. The van der Waals surface area contributed by atoms with E-state index in [9.17, 15) is 4.79 Å². The van der Waals surface area contributed by atoms with Crippen molar-refractivity contribution >= 4 is 21.8 Å². The van der Waals surface area contributed by atoms with Gasteiger partial charge in [0.05, 0.1) is 12.5 Å². The number of hydrogen-bond acceptors (Lipinski definition) is 3. The third kappa shape index (κ3) is 3.85. The predicted octanol–water partition coefficient (Wildman–Crippen LogP) is 4.09. The quantitative estimate of drug-likeness (QED) is 0.787. The van der Waals surface area contributed by atoms with E-state index in [-0.39, 0.29) is 11.9 Å². The van der Waals surface area contributed by atoms with Crippen LogP contribution in [0, 0.1) is 0 Å². The average Bonchev–Trinajstić information content (AvgIpc) is 3.16. The van der Waals surface area contributed by atoms with Crippen LogP contribution in [0.15, 0.2) is 45.3 Å². The van der Waals surface area contributed by atoms with Crippen molar-refractivity contribution in [2.24, 2.45) is 0 Å². The molecule has 0 saturated carbocycles. The number of carbonyl (C=O) groups is 1. The zero-order valence-corrected chi connectivity index (χ0v) is 14.7. The molecule has 2 aromatic rings. The lowest BCUT2D eigenvalue weighted by molar-refractivity contribution is -0.131. The first-order valence-corrected chi connectivity index (χ1v) is 8.58. The van der Waals surface area contributed by atoms with Crippen molar-refractivity contribution in [2.75, 3.05) is 13.7 Å². The molecule has 1 amide bonds. The SMILES string of the molecule is COCc1ccc(C2CCCN2C(=O)Cc2cccc(Br)c2)o1. The highest BCUT2D eigenvalue weighted by Gasteiger charge is 2.32. The second kappa shape index (κ2) is 7.32. The fourth-order valence-electron chi connectivity index (χ4n) is 3.08. The fourth-order valence-corrected chi connectivity index (χ4v) is 3.52. The number of likely N-dealkylation sites (tertiary alicyclic amines) is 1. The standard InChI is InChI=1S/C18H20BrNO3/c1-22-12-15-7-8-17(23-15)16-6-3-9-20(16)18(21)11-13-4-2-5-14(19)10-13/h2,4-5,7-8,10,16H,3,6,9,11-12H2,1H3. The van der Waals surface area contributed by atoms with Crippen LogP contribution in [0.1, 0.15) is 36.0 Å². The van der Waals surface area contributed by atoms with Crippen molar-refractivity contribution in [3.63, 3.8) is 0 Å². The lowest BCUT2D eigenvalue weighted by Gasteiger charge is -2.23. The highest BCUT2D eigenvalue weighted by molar-refractivity contribution is 9.10. The smallest absolute Gasteiger partial charge is 0.227 e. The Kier molecular flexibility index (Phi) is 5.18. The molecule has 1 fully saturated rings. The van der Waals surface area contributed by atoms with Gasteiger partial charge in [0.25, 0.3) is 0 Å². The van der Waals surface area contributed by atoms with E-state index in [1.165, 1.54) is 0 Å². The summed E-state index contributed by atoms with van der Waals surface area (Å²) in [5.41, 5.74) is 1.02. The minimum Gasteiger partial charge on any atom is -0.461 e. The summed E-state index contributed by atoms with van der Waals surface area (Å²) in [6.07, 6.45) is 2.38. The fraction of sp³-hybridized carbons (Fsp3) is 0.389. The van der Waals surface area contributed by atoms with Gasteiger partial charge in [0, 0.05) is 18.1 Å². The second-order valence-electron chi connectivity index (χ2n) is 5.79. The largest absolute Gasteiger partial charge is 0.461 e. The monoisotopic (exact) mass is 377 g/mol. The zero-order chi connectivity index (χ0) is 16.2. The molecule has 1 saturated heterocycles. The number of ether oxygens (including phenoxy) is 1. The first-order valence-electron chi connectivity index (χ1n) is 7.79. The van der Waals surface area contributed by atoms with Crippen LogP contribution in [0.2, 0.25) is 0 Å². The van der Waals surface area contributed by atoms with Crippen LogP contribution in [0.5, 0.6) is 0 Å². The third-order valence-electron chi connectivity index (χ3n) is 4.11. The number of furan rings is 1. The van der Waals surface area contributed by atoms with Crippen LogP contribution in [0.25, 0.3) is 0 Å². The Labute approximate surface area is 144 Å². The Balaban J connectivity index is 1.71. The first-order chi connectivity index (χ1) is 11.2. The molecule has 1 unspecified atom stereocenters. The molecular weight excluding hydrogens is 358 g/mol. The Morgan fingerprint density at radius 3 is 3.04 bits per heavy atom. The van der Waals surface area contributed by atoms with Gasteiger partial charge in [0.15, 0.2) is 0 Å². The molecular formula is C18H20BrNO3. The third-order valence-corrected chi connectivity index (χ3v) is 4.61. The number of rotatable bonds is 5. The zero-order valence-electron chi connectivity index (χ0n) is 13.1. The molecule has 1 aromatic carbocycles. The molecule has 3 rings (SSSR count).